The minimum atomic E-state index is -0.103. The molecule has 112 valence electrons. The molecule has 1 unspecified atom stereocenters. The van der Waals surface area contributed by atoms with Crippen LogP contribution in [0.5, 0.6) is 0 Å². The monoisotopic (exact) mass is 286 g/mol. The third-order valence-electron chi connectivity index (χ3n) is 6.28. The minimum Gasteiger partial charge on any atom is -0.364 e. The van der Waals surface area contributed by atoms with Gasteiger partial charge in [0.2, 0.25) is 0 Å². The number of fused-ring (bicyclic) bond motifs is 1. The molecule has 1 saturated carbocycles. The van der Waals surface area contributed by atoms with E-state index in [2.05, 4.69) is 37.3 Å². The van der Waals surface area contributed by atoms with Gasteiger partial charge in [-0.05, 0) is 25.3 Å². The fourth-order valence-electron chi connectivity index (χ4n) is 5.55. The number of benzene rings is 1. The molecule has 5 rings (SSSR count). The summed E-state index contributed by atoms with van der Waals surface area (Å²) in [5.41, 5.74) is 1.32. The Labute approximate surface area is 125 Å². The molecular weight excluding hydrogens is 264 g/mol. The predicted molar refractivity (Wildman–Crippen MR) is 77.7 cm³/mol. The van der Waals surface area contributed by atoms with Gasteiger partial charge in [0.25, 0.3) is 0 Å². The lowest BCUT2D eigenvalue weighted by molar-refractivity contribution is -0.287. The van der Waals surface area contributed by atoms with Crippen molar-refractivity contribution in [2.45, 2.75) is 69.2 Å². The van der Waals surface area contributed by atoms with Crippen LogP contribution < -0.4 is 0 Å². The number of hydrogen-bond acceptors (Lipinski definition) is 3. The summed E-state index contributed by atoms with van der Waals surface area (Å²) >= 11 is 0. The molecule has 1 aromatic rings. The molecule has 0 radical (unpaired) electrons. The molecule has 4 aliphatic rings. The first-order valence-corrected chi connectivity index (χ1v) is 8.29. The van der Waals surface area contributed by atoms with E-state index in [9.17, 15) is 0 Å². The Morgan fingerprint density at radius 1 is 1.05 bits per heavy atom. The second-order valence-corrected chi connectivity index (χ2v) is 7.19. The van der Waals surface area contributed by atoms with E-state index < -0.39 is 0 Å². The third-order valence-corrected chi connectivity index (χ3v) is 6.28. The molecule has 3 saturated heterocycles. The first kappa shape index (κ1) is 12.6. The third kappa shape index (κ3) is 1.40. The zero-order valence-corrected chi connectivity index (χ0v) is 12.5. The molecule has 3 heterocycles. The molecule has 0 N–H and O–H groups in total. The maximum Gasteiger partial charge on any atom is 0.159 e. The molecule has 4 fully saturated rings. The van der Waals surface area contributed by atoms with Gasteiger partial charge in [-0.3, -0.25) is 0 Å². The van der Waals surface area contributed by atoms with Gasteiger partial charge in [0.15, 0.2) is 6.29 Å². The summed E-state index contributed by atoms with van der Waals surface area (Å²) in [6.07, 6.45) is 6.23. The average molecular weight is 286 g/mol. The van der Waals surface area contributed by atoms with Gasteiger partial charge in [-0.2, -0.15) is 0 Å². The van der Waals surface area contributed by atoms with Crippen LogP contribution in [0, 0.1) is 5.41 Å². The van der Waals surface area contributed by atoms with E-state index in [1.54, 1.807) is 0 Å². The van der Waals surface area contributed by atoms with E-state index in [0.717, 1.165) is 12.8 Å². The summed E-state index contributed by atoms with van der Waals surface area (Å²) in [5.74, 6) is 0. The first-order valence-electron chi connectivity index (χ1n) is 8.29. The Balaban J connectivity index is 1.67. The van der Waals surface area contributed by atoms with E-state index >= 15 is 0 Å². The van der Waals surface area contributed by atoms with Crippen LogP contribution in [0.4, 0.5) is 0 Å². The molecule has 1 aromatic carbocycles. The highest BCUT2D eigenvalue weighted by molar-refractivity contribution is 5.29. The van der Waals surface area contributed by atoms with Crippen LogP contribution >= 0.6 is 0 Å². The van der Waals surface area contributed by atoms with Crippen LogP contribution in [-0.2, 0) is 14.2 Å². The molecule has 2 bridgehead atoms. The lowest BCUT2D eigenvalue weighted by atomic mass is 9.59. The van der Waals surface area contributed by atoms with Crippen LogP contribution in [-0.4, -0.2) is 24.1 Å². The van der Waals surface area contributed by atoms with Gasteiger partial charge in [-0.15, -0.1) is 0 Å². The van der Waals surface area contributed by atoms with Crippen LogP contribution in [0.2, 0.25) is 0 Å². The molecule has 0 amide bonds. The van der Waals surface area contributed by atoms with Crippen molar-refractivity contribution in [3.05, 3.63) is 35.9 Å². The van der Waals surface area contributed by atoms with Crippen LogP contribution in [0.3, 0.4) is 0 Å². The number of hydrogen-bond donors (Lipinski definition) is 0. The predicted octanol–water partition coefficient (Wildman–Crippen LogP) is 3.59. The molecule has 1 spiro atoms. The van der Waals surface area contributed by atoms with E-state index in [1.807, 2.05) is 0 Å². The highest BCUT2D eigenvalue weighted by Gasteiger charge is 2.75. The standard InChI is InChI=1S/C18H22O3/c1-12-15-18-10-6-5-9-17(18,11-14(19-12)21-18)16(20-15)13-7-3-2-4-8-13/h2-4,7-8,12,14-16H,5-6,9-11H2,1H3/t12-,14+,15?,16+,17-,18+/m0/s1. The summed E-state index contributed by atoms with van der Waals surface area (Å²) in [6, 6.07) is 10.7. The number of rotatable bonds is 1. The lowest BCUT2D eigenvalue weighted by Crippen LogP contribution is -2.57. The molecule has 3 nitrogen and oxygen atoms in total. The van der Waals surface area contributed by atoms with Gasteiger partial charge in [0, 0.05) is 11.8 Å². The zero-order chi connectivity index (χ0) is 14.1. The van der Waals surface area contributed by atoms with E-state index in [1.165, 1.54) is 24.8 Å². The topological polar surface area (TPSA) is 27.7 Å². The van der Waals surface area contributed by atoms with Crippen molar-refractivity contribution >= 4 is 0 Å². The normalized spacial score (nSPS) is 50.9. The smallest absolute Gasteiger partial charge is 0.159 e. The van der Waals surface area contributed by atoms with Crippen molar-refractivity contribution < 1.29 is 14.2 Å². The Kier molecular flexibility index (Phi) is 2.46. The van der Waals surface area contributed by atoms with Gasteiger partial charge < -0.3 is 14.2 Å². The van der Waals surface area contributed by atoms with E-state index in [0.29, 0.717) is 0 Å². The Morgan fingerprint density at radius 2 is 1.86 bits per heavy atom. The van der Waals surface area contributed by atoms with E-state index in [4.69, 9.17) is 14.2 Å². The maximum atomic E-state index is 6.59. The fourth-order valence-corrected chi connectivity index (χ4v) is 5.55. The van der Waals surface area contributed by atoms with Gasteiger partial charge in [0.05, 0.1) is 12.2 Å². The summed E-state index contributed by atoms with van der Waals surface area (Å²) in [6.45, 7) is 2.15. The summed E-state index contributed by atoms with van der Waals surface area (Å²) < 4.78 is 19.1. The lowest BCUT2D eigenvalue weighted by Gasteiger charge is -2.47. The Morgan fingerprint density at radius 3 is 2.71 bits per heavy atom. The van der Waals surface area contributed by atoms with Crippen molar-refractivity contribution in [3.8, 4) is 0 Å². The maximum absolute atomic E-state index is 6.59. The molecule has 0 aromatic heterocycles. The SMILES string of the molecule is C[C@@H]1O[C@H]2C[C@]34CCCC[C@@]3(O2)C1O[C@@H]4c1ccccc1. The summed E-state index contributed by atoms with van der Waals surface area (Å²) in [5, 5.41) is 0. The fraction of sp³-hybridized carbons (Fsp3) is 0.667. The van der Waals surface area contributed by atoms with Crippen molar-refractivity contribution in [2.24, 2.45) is 5.41 Å². The van der Waals surface area contributed by atoms with Gasteiger partial charge in [0.1, 0.15) is 11.7 Å². The largest absolute Gasteiger partial charge is 0.364 e. The highest BCUT2D eigenvalue weighted by atomic mass is 16.7. The van der Waals surface area contributed by atoms with Gasteiger partial charge in [-0.25, -0.2) is 0 Å². The second kappa shape index (κ2) is 4.09. The van der Waals surface area contributed by atoms with Crippen molar-refractivity contribution in [1.82, 2.24) is 0 Å². The molecule has 6 atom stereocenters. The summed E-state index contributed by atoms with van der Waals surface area (Å²) in [7, 11) is 0. The average Bonchev–Trinajstić information content (AvgIpc) is 2.94. The van der Waals surface area contributed by atoms with Crippen LogP contribution in [0.15, 0.2) is 30.3 Å². The second-order valence-electron chi connectivity index (χ2n) is 7.19. The van der Waals surface area contributed by atoms with Gasteiger partial charge >= 0.3 is 0 Å². The molecule has 21 heavy (non-hydrogen) atoms. The molecule has 3 heteroatoms. The van der Waals surface area contributed by atoms with Gasteiger partial charge in [-0.1, -0.05) is 43.2 Å². The number of ether oxygens (including phenoxy) is 3. The Hall–Kier alpha value is -0.900. The van der Waals surface area contributed by atoms with Crippen molar-refractivity contribution in [2.75, 3.05) is 0 Å². The first-order chi connectivity index (χ1) is 10.3. The van der Waals surface area contributed by atoms with Crippen molar-refractivity contribution in [3.63, 3.8) is 0 Å². The van der Waals surface area contributed by atoms with Crippen LogP contribution in [0.1, 0.15) is 50.7 Å². The molecular formula is C18H22O3. The molecule has 3 aliphatic heterocycles. The highest BCUT2D eigenvalue weighted by Crippen LogP contribution is 2.70. The van der Waals surface area contributed by atoms with Crippen molar-refractivity contribution in [1.29, 1.82) is 0 Å². The van der Waals surface area contributed by atoms with E-state index in [-0.39, 0.29) is 35.6 Å². The zero-order valence-electron chi connectivity index (χ0n) is 12.5. The quantitative estimate of drug-likeness (QED) is 0.789. The minimum absolute atomic E-state index is 0.0236. The Bertz CT molecular complexity index is 559. The summed E-state index contributed by atoms with van der Waals surface area (Å²) in [4.78, 5) is 0. The molecule has 1 aliphatic carbocycles. The van der Waals surface area contributed by atoms with Crippen LogP contribution in [0.25, 0.3) is 0 Å².